The second-order valence-electron chi connectivity index (χ2n) is 8.46. The maximum Gasteiger partial charge on any atom is 0.412 e. The third-order valence-corrected chi connectivity index (χ3v) is 6.22. The van der Waals surface area contributed by atoms with E-state index < -0.39 is 28.3 Å². The molecule has 0 aromatic carbocycles. The third-order valence-electron chi connectivity index (χ3n) is 5.22. The first-order chi connectivity index (χ1) is 16.1. The summed E-state index contributed by atoms with van der Waals surface area (Å²) in [5, 5.41) is -0.0421. The van der Waals surface area contributed by atoms with E-state index in [-0.39, 0.29) is 36.4 Å². The Labute approximate surface area is 195 Å². The van der Waals surface area contributed by atoms with E-state index in [9.17, 15) is 17.6 Å². The number of sulfone groups is 1. The molecule has 2 atom stereocenters. The van der Waals surface area contributed by atoms with Crippen LogP contribution in [0.25, 0.3) is 16.9 Å². The summed E-state index contributed by atoms with van der Waals surface area (Å²) in [6, 6.07) is 2.99. The number of hydrogen-bond donors (Lipinski definition) is 0. The van der Waals surface area contributed by atoms with Crippen LogP contribution in [-0.2, 0) is 14.6 Å². The standard InChI is InChI=1S/C21H25FN6O5S/c1-13(2)10-32-21(29)27-7-6-15(8-16(27)22)33-20-18-19(24-11-25-20)28(12-26-18)14-4-5-17(23-9-14)34(3,30)31/h4-5,9,11-13,15-16H,6-8,10H2,1-3H3. The van der Waals surface area contributed by atoms with Gasteiger partial charge >= 0.3 is 6.09 Å². The van der Waals surface area contributed by atoms with Crippen molar-refractivity contribution in [3.63, 3.8) is 0 Å². The Bertz CT molecular complexity index is 1280. The Morgan fingerprint density at radius 1 is 1.24 bits per heavy atom. The number of nitrogens with zero attached hydrogens (tertiary/aromatic N) is 6. The number of piperidine rings is 1. The van der Waals surface area contributed by atoms with Gasteiger partial charge in [-0.2, -0.15) is 4.98 Å². The minimum absolute atomic E-state index is 0.0279. The first-order valence-corrected chi connectivity index (χ1v) is 12.6. The molecule has 3 aromatic heterocycles. The number of rotatable bonds is 6. The van der Waals surface area contributed by atoms with Crippen LogP contribution in [0.3, 0.4) is 0 Å². The summed E-state index contributed by atoms with van der Waals surface area (Å²) >= 11 is 0. The van der Waals surface area contributed by atoms with Crippen molar-refractivity contribution in [2.45, 2.75) is 44.1 Å². The van der Waals surface area contributed by atoms with Gasteiger partial charge in [0.15, 0.2) is 32.3 Å². The van der Waals surface area contributed by atoms with Gasteiger partial charge in [-0.25, -0.2) is 32.6 Å². The zero-order valence-electron chi connectivity index (χ0n) is 19.0. The van der Waals surface area contributed by atoms with Crippen LogP contribution in [-0.4, -0.2) is 75.7 Å². The Morgan fingerprint density at radius 3 is 2.68 bits per heavy atom. The Kier molecular flexibility index (Phi) is 6.64. The van der Waals surface area contributed by atoms with Gasteiger partial charge in [0.25, 0.3) is 0 Å². The Balaban J connectivity index is 1.48. The van der Waals surface area contributed by atoms with Gasteiger partial charge in [-0.1, -0.05) is 13.8 Å². The van der Waals surface area contributed by atoms with E-state index in [4.69, 9.17) is 9.47 Å². The Hall–Kier alpha value is -3.35. The van der Waals surface area contributed by atoms with Gasteiger partial charge in [-0.15, -0.1) is 0 Å². The van der Waals surface area contributed by atoms with E-state index in [2.05, 4.69) is 19.9 Å². The third kappa shape index (κ3) is 5.08. The molecule has 0 radical (unpaired) electrons. The molecule has 11 nitrogen and oxygen atoms in total. The van der Waals surface area contributed by atoms with Gasteiger partial charge in [-0.3, -0.25) is 9.47 Å². The lowest BCUT2D eigenvalue weighted by atomic mass is 10.1. The predicted octanol–water partition coefficient (Wildman–Crippen LogP) is 2.55. The second kappa shape index (κ2) is 9.49. The molecule has 1 fully saturated rings. The molecule has 1 amide bonds. The number of halogens is 1. The summed E-state index contributed by atoms with van der Waals surface area (Å²) in [5.74, 6) is 0.355. The summed E-state index contributed by atoms with van der Waals surface area (Å²) < 4.78 is 50.6. The molecule has 1 saturated heterocycles. The molecule has 0 aliphatic carbocycles. The van der Waals surface area contributed by atoms with Crippen LogP contribution in [0.2, 0.25) is 0 Å². The fraction of sp³-hybridized carbons (Fsp3) is 0.476. The number of amides is 1. The van der Waals surface area contributed by atoms with Gasteiger partial charge in [0, 0.05) is 25.6 Å². The average Bonchev–Trinajstić information content (AvgIpc) is 3.22. The molecule has 0 N–H and O–H groups in total. The molecule has 34 heavy (non-hydrogen) atoms. The van der Waals surface area contributed by atoms with Crippen molar-refractivity contribution in [1.82, 2.24) is 29.4 Å². The van der Waals surface area contributed by atoms with Crippen molar-refractivity contribution in [2.75, 3.05) is 19.4 Å². The smallest absolute Gasteiger partial charge is 0.412 e. The number of hydrogen-bond acceptors (Lipinski definition) is 9. The van der Waals surface area contributed by atoms with Gasteiger partial charge < -0.3 is 9.47 Å². The summed E-state index contributed by atoms with van der Waals surface area (Å²) in [6.07, 6.45) is 2.95. The van der Waals surface area contributed by atoms with E-state index in [0.717, 1.165) is 11.2 Å². The van der Waals surface area contributed by atoms with Gasteiger partial charge in [0.2, 0.25) is 5.88 Å². The number of pyridine rings is 1. The zero-order chi connectivity index (χ0) is 24.5. The monoisotopic (exact) mass is 492 g/mol. The first-order valence-electron chi connectivity index (χ1n) is 10.7. The number of aromatic nitrogens is 5. The van der Waals surface area contributed by atoms with Crippen LogP contribution < -0.4 is 4.74 Å². The van der Waals surface area contributed by atoms with Gasteiger partial charge in [0.05, 0.1) is 18.5 Å². The van der Waals surface area contributed by atoms with E-state index >= 15 is 0 Å². The first kappa shape index (κ1) is 23.8. The molecular formula is C21H25FN6O5S. The zero-order valence-corrected chi connectivity index (χ0v) is 19.8. The topological polar surface area (TPSA) is 129 Å². The van der Waals surface area contributed by atoms with Crippen molar-refractivity contribution < 1.29 is 27.1 Å². The number of likely N-dealkylation sites (tertiary alicyclic amines) is 1. The van der Waals surface area contributed by atoms with Crippen LogP contribution in [0.1, 0.15) is 26.7 Å². The van der Waals surface area contributed by atoms with Crippen molar-refractivity contribution in [2.24, 2.45) is 5.92 Å². The van der Waals surface area contributed by atoms with Crippen LogP contribution in [0.4, 0.5) is 9.18 Å². The molecule has 4 rings (SSSR count). The van der Waals surface area contributed by atoms with Crippen LogP contribution in [0.5, 0.6) is 5.88 Å². The molecule has 1 aliphatic heterocycles. The highest BCUT2D eigenvalue weighted by Gasteiger charge is 2.34. The van der Waals surface area contributed by atoms with E-state index in [1.807, 2.05) is 13.8 Å². The van der Waals surface area contributed by atoms with Crippen molar-refractivity contribution in [3.05, 3.63) is 31.0 Å². The molecule has 3 aromatic rings. The fourth-order valence-electron chi connectivity index (χ4n) is 3.50. The second-order valence-corrected chi connectivity index (χ2v) is 10.4. The highest BCUT2D eigenvalue weighted by Crippen LogP contribution is 2.27. The molecule has 182 valence electrons. The number of alkyl halides is 1. The number of carbonyl (C=O) groups excluding carboxylic acids is 1. The minimum Gasteiger partial charge on any atom is -0.472 e. The molecule has 13 heteroatoms. The lowest BCUT2D eigenvalue weighted by Crippen LogP contribution is -2.47. The minimum atomic E-state index is -3.42. The summed E-state index contributed by atoms with van der Waals surface area (Å²) in [7, 11) is -3.42. The van der Waals surface area contributed by atoms with Crippen LogP contribution in [0.15, 0.2) is 36.0 Å². The van der Waals surface area contributed by atoms with Crippen LogP contribution in [0, 0.1) is 5.92 Å². The Morgan fingerprint density at radius 2 is 2.03 bits per heavy atom. The predicted molar refractivity (Wildman–Crippen MR) is 119 cm³/mol. The summed E-state index contributed by atoms with van der Waals surface area (Å²) in [5.41, 5.74) is 1.34. The van der Waals surface area contributed by atoms with E-state index in [1.54, 1.807) is 10.6 Å². The normalized spacial score (nSPS) is 18.9. The SMILES string of the molecule is CC(C)COC(=O)N1CCC(Oc2ncnc3c2ncn3-c2ccc(S(C)(=O)=O)nc2)CC1F. The molecule has 4 heterocycles. The van der Waals surface area contributed by atoms with Crippen LogP contribution >= 0.6 is 0 Å². The maximum atomic E-state index is 14.7. The number of carbonyl (C=O) groups is 1. The summed E-state index contributed by atoms with van der Waals surface area (Å²) in [4.78, 5) is 29.9. The molecule has 0 spiro atoms. The maximum absolute atomic E-state index is 14.7. The molecule has 0 bridgehead atoms. The van der Waals surface area contributed by atoms with E-state index in [0.29, 0.717) is 23.3 Å². The van der Waals surface area contributed by atoms with Gasteiger partial charge in [0.1, 0.15) is 18.8 Å². The average molecular weight is 493 g/mol. The molecule has 2 unspecified atom stereocenters. The fourth-order valence-corrected chi connectivity index (χ4v) is 4.06. The number of fused-ring (bicyclic) bond motifs is 1. The highest BCUT2D eigenvalue weighted by atomic mass is 32.2. The number of imidazole rings is 1. The lowest BCUT2D eigenvalue weighted by Gasteiger charge is -2.34. The van der Waals surface area contributed by atoms with Crippen molar-refractivity contribution >= 4 is 27.1 Å². The quantitative estimate of drug-likeness (QED) is 0.477. The highest BCUT2D eigenvalue weighted by molar-refractivity contribution is 7.90. The summed E-state index contributed by atoms with van der Waals surface area (Å²) in [6.45, 7) is 4.20. The molecule has 1 aliphatic rings. The van der Waals surface area contributed by atoms with E-state index in [1.165, 1.54) is 24.9 Å². The largest absolute Gasteiger partial charge is 0.472 e. The lowest BCUT2D eigenvalue weighted by molar-refractivity contribution is -0.0124. The van der Waals surface area contributed by atoms with Crippen molar-refractivity contribution in [1.29, 1.82) is 0 Å². The number of ether oxygens (including phenoxy) is 2. The molecular weight excluding hydrogens is 467 g/mol. The molecule has 0 saturated carbocycles. The van der Waals surface area contributed by atoms with Gasteiger partial charge in [-0.05, 0) is 18.1 Å². The van der Waals surface area contributed by atoms with Crippen molar-refractivity contribution in [3.8, 4) is 11.6 Å².